The zero-order valence-electron chi connectivity index (χ0n) is 12.5. The van der Waals surface area contributed by atoms with Gasteiger partial charge in [-0.2, -0.15) is 0 Å². The highest BCUT2D eigenvalue weighted by molar-refractivity contribution is 9.10. The van der Waals surface area contributed by atoms with Gasteiger partial charge in [0.2, 0.25) is 5.91 Å². The number of rotatable bonds is 3. The van der Waals surface area contributed by atoms with Gasteiger partial charge in [-0.05, 0) is 51.9 Å². The molecule has 0 spiro atoms. The number of hydrazine groups is 1. The van der Waals surface area contributed by atoms with E-state index in [0.29, 0.717) is 10.0 Å². The van der Waals surface area contributed by atoms with Crippen LogP contribution in [0.5, 0.6) is 0 Å². The van der Waals surface area contributed by atoms with Gasteiger partial charge >= 0.3 is 0 Å². The summed E-state index contributed by atoms with van der Waals surface area (Å²) in [5.41, 5.74) is 6.25. The molecule has 2 aromatic carbocycles. The predicted octanol–water partition coefficient (Wildman–Crippen LogP) is 2.80. The standard InChI is InChI=1S/C17H14BrN3O2S/c18-14-9-5-4-8-13(14)16(23)20-21-17(24)19-15(22)11-10-12-6-2-1-3-7-12/h1-11H,(H,20,23)(H2,19,21,22,24). The van der Waals surface area contributed by atoms with E-state index in [1.807, 2.05) is 30.3 Å². The number of halogens is 1. The Balaban J connectivity index is 1.81. The highest BCUT2D eigenvalue weighted by Crippen LogP contribution is 2.15. The van der Waals surface area contributed by atoms with E-state index < -0.39 is 5.91 Å². The van der Waals surface area contributed by atoms with Crippen LogP contribution in [0.25, 0.3) is 6.08 Å². The molecule has 0 aliphatic heterocycles. The van der Waals surface area contributed by atoms with E-state index in [1.165, 1.54) is 6.08 Å². The molecule has 0 bridgehead atoms. The lowest BCUT2D eigenvalue weighted by Gasteiger charge is -2.10. The van der Waals surface area contributed by atoms with Gasteiger partial charge < -0.3 is 0 Å². The van der Waals surface area contributed by atoms with Crippen molar-refractivity contribution in [1.29, 1.82) is 0 Å². The molecule has 24 heavy (non-hydrogen) atoms. The Hall–Kier alpha value is -2.51. The summed E-state index contributed by atoms with van der Waals surface area (Å²) in [6, 6.07) is 16.4. The molecule has 0 heterocycles. The fraction of sp³-hybridized carbons (Fsp3) is 0. The minimum atomic E-state index is -0.397. The molecule has 0 atom stereocenters. The van der Waals surface area contributed by atoms with Crippen molar-refractivity contribution >= 4 is 51.2 Å². The Morgan fingerprint density at radius 3 is 2.33 bits per heavy atom. The van der Waals surface area contributed by atoms with Gasteiger partial charge in [-0.15, -0.1) is 0 Å². The molecular formula is C17H14BrN3O2S. The van der Waals surface area contributed by atoms with E-state index >= 15 is 0 Å². The average molecular weight is 404 g/mol. The van der Waals surface area contributed by atoms with Gasteiger partial charge in [0.05, 0.1) is 5.56 Å². The topological polar surface area (TPSA) is 70.2 Å². The molecule has 0 saturated carbocycles. The van der Waals surface area contributed by atoms with Crippen LogP contribution in [0.3, 0.4) is 0 Å². The van der Waals surface area contributed by atoms with Crippen molar-refractivity contribution in [2.45, 2.75) is 0 Å². The maximum absolute atomic E-state index is 12.0. The summed E-state index contributed by atoms with van der Waals surface area (Å²) in [5, 5.41) is 2.44. The van der Waals surface area contributed by atoms with Crippen molar-refractivity contribution in [3.8, 4) is 0 Å². The number of benzene rings is 2. The van der Waals surface area contributed by atoms with Crippen molar-refractivity contribution in [3.05, 3.63) is 76.3 Å². The highest BCUT2D eigenvalue weighted by Gasteiger charge is 2.09. The summed E-state index contributed by atoms with van der Waals surface area (Å²) in [5.74, 6) is -0.773. The molecule has 2 amide bonds. The van der Waals surface area contributed by atoms with Crippen molar-refractivity contribution < 1.29 is 9.59 Å². The number of nitrogens with one attached hydrogen (secondary N) is 3. The number of hydrogen-bond donors (Lipinski definition) is 3. The van der Waals surface area contributed by atoms with E-state index in [1.54, 1.807) is 30.3 Å². The van der Waals surface area contributed by atoms with Gasteiger partial charge in [0.15, 0.2) is 5.11 Å². The third-order valence-corrected chi connectivity index (χ3v) is 3.77. The van der Waals surface area contributed by atoms with E-state index in [4.69, 9.17) is 12.2 Å². The lowest BCUT2D eigenvalue weighted by molar-refractivity contribution is -0.115. The molecule has 2 aromatic rings. The quantitative estimate of drug-likeness (QED) is 0.418. The van der Waals surface area contributed by atoms with Crippen LogP contribution >= 0.6 is 28.1 Å². The van der Waals surface area contributed by atoms with Gasteiger partial charge in [-0.25, -0.2) is 0 Å². The van der Waals surface area contributed by atoms with Crippen LogP contribution in [0.4, 0.5) is 0 Å². The van der Waals surface area contributed by atoms with Gasteiger partial charge in [-0.3, -0.25) is 25.8 Å². The molecule has 3 N–H and O–H groups in total. The molecular weight excluding hydrogens is 390 g/mol. The average Bonchev–Trinajstić information content (AvgIpc) is 2.59. The van der Waals surface area contributed by atoms with Crippen molar-refractivity contribution in [3.63, 3.8) is 0 Å². The van der Waals surface area contributed by atoms with E-state index in [0.717, 1.165) is 5.56 Å². The lowest BCUT2D eigenvalue weighted by Crippen LogP contribution is -2.48. The first-order chi connectivity index (χ1) is 11.6. The Morgan fingerprint density at radius 1 is 0.958 bits per heavy atom. The molecule has 7 heteroatoms. The van der Waals surface area contributed by atoms with Crippen molar-refractivity contribution in [2.75, 3.05) is 0 Å². The molecule has 0 radical (unpaired) electrons. The van der Waals surface area contributed by atoms with Gasteiger partial charge in [0.25, 0.3) is 5.91 Å². The van der Waals surface area contributed by atoms with Gasteiger partial charge in [-0.1, -0.05) is 42.5 Å². The first-order valence-corrected chi connectivity index (χ1v) is 8.15. The Morgan fingerprint density at radius 2 is 1.62 bits per heavy atom. The fourth-order valence-electron chi connectivity index (χ4n) is 1.75. The molecule has 0 fully saturated rings. The van der Waals surface area contributed by atoms with Crippen molar-refractivity contribution in [1.82, 2.24) is 16.2 Å². The van der Waals surface area contributed by atoms with Crippen LogP contribution in [0.2, 0.25) is 0 Å². The monoisotopic (exact) mass is 403 g/mol. The van der Waals surface area contributed by atoms with Crippen molar-refractivity contribution in [2.24, 2.45) is 0 Å². The van der Waals surface area contributed by atoms with Gasteiger partial charge in [0, 0.05) is 10.5 Å². The Labute approximate surface area is 153 Å². The Kier molecular flexibility index (Phi) is 6.65. The zero-order valence-corrected chi connectivity index (χ0v) is 14.9. The molecule has 122 valence electrons. The summed E-state index contributed by atoms with van der Waals surface area (Å²) in [7, 11) is 0. The van der Waals surface area contributed by atoms with E-state index in [-0.39, 0.29) is 11.0 Å². The predicted molar refractivity (Wildman–Crippen MR) is 101 cm³/mol. The second kappa shape index (κ2) is 8.95. The zero-order chi connectivity index (χ0) is 17.4. The molecule has 0 aliphatic rings. The molecule has 0 unspecified atom stereocenters. The SMILES string of the molecule is O=C(C=Cc1ccccc1)NC(=S)NNC(=O)c1ccccc1Br. The largest absolute Gasteiger partial charge is 0.298 e. The third kappa shape index (κ3) is 5.60. The molecule has 0 aromatic heterocycles. The number of amides is 2. The molecule has 2 rings (SSSR count). The number of carbonyl (C=O) groups excluding carboxylic acids is 2. The minimum absolute atomic E-state index is 0.00175. The normalized spacial score (nSPS) is 10.2. The molecule has 0 saturated heterocycles. The van der Waals surface area contributed by atoms with Gasteiger partial charge in [0.1, 0.15) is 0 Å². The van der Waals surface area contributed by atoms with E-state index in [2.05, 4.69) is 32.1 Å². The summed E-state index contributed by atoms with van der Waals surface area (Å²) in [6.07, 6.45) is 3.02. The van der Waals surface area contributed by atoms with Crippen LogP contribution in [0, 0.1) is 0 Å². The maximum atomic E-state index is 12.0. The summed E-state index contributed by atoms with van der Waals surface area (Å²) < 4.78 is 0.657. The van der Waals surface area contributed by atoms with Crippen LogP contribution in [0.1, 0.15) is 15.9 Å². The first-order valence-electron chi connectivity index (χ1n) is 6.95. The molecule has 0 aliphatic carbocycles. The second-order valence-electron chi connectivity index (χ2n) is 4.62. The second-order valence-corrected chi connectivity index (χ2v) is 5.88. The summed E-state index contributed by atoms with van der Waals surface area (Å²) >= 11 is 8.25. The van der Waals surface area contributed by atoms with E-state index in [9.17, 15) is 9.59 Å². The Bertz CT molecular complexity index is 778. The maximum Gasteiger partial charge on any atom is 0.270 e. The first kappa shape index (κ1) is 17.8. The van der Waals surface area contributed by atoms with Crippen LogP contribution in [0.15, 0.2) is 65.1 Å². The van der Waals surface area contributed by atoms with Crippen LogP contribution in [-0.4, -0.2) is 16.9 Å². The number of hydrogen-bond acceptors (Lipinski definition) is 3. The van der Waals surface area contributed by atoms with Crippen LogP contribution < -0.4 is 16.2 Å². The lowest BCUT2D eigenvalue weighted by atomic mass is 10.2. The minimum Gasteiger partial charge on any atom is -0.298 e. The number of carbonyl (C=O) groups is 2. The smallest absolute Gasteiger partial charge is 0.270 e. The number of thiocarbonyl (C=S) groups is 1. The summed E-state index contributed by atoms with van der Waals surface area (Å²) in [6.45, 7) is 0. The highest BCUT2D eigenvalue weighted by atomic mass is 79.9. The third-order valence-electron chi connectivity index (χ3n) is 2.87. The fourth-order valence-corrected chi connectivity index (χ4v) is 2.36. The summed E-state index contributed by atoms with van der Waals surface area (Å²) in [4.78, 5) is 23.7. The van der Waals surface area contributed by atoms with Crippen LogP contribution in [-0.2, 0) is 4.79 Å². The molecule has 5 nitrogen and oxygen atoms in total.